The molecule has 1 aromatic heterocycles. The first-order chi connectivity index (χ1) is 9.76. The van der Waals surface area contributed by atoms with Crippen molar-refractivity contribution in [1.82, 2.24) is 10.4 Å². The van der Waals surface area contributed by atoms with E-state index in [2.05, 4.69) is 44.5 Å². The van der Waals surface area contributed by atoms with E-state index in [4.69, 9.17) is 5.84 Å². The molecule has 2 aromatic rings. The van der Waals surface area contributed by atoms with Gasteiger partial charge in [-0.25, -0.2) is 0 Å². The predicted octanol–water partition coefficient (Wildman–Crippen LogP) is 3.08. The van der Waals surface area contributed by atoms with Gasteiger partial charge in [-0.3, -0.25) is 16.3 Å². The Bertz CT molecular complexity index is 595. The number of fused-ring (bicyclic) bond motifs is 1. The van der Waals surface area contributed by atoms with E-state index in [1.807, 2.05) is 18.3 Å². The van der Waals surface area contributed by atoms with Gasteiger partial charge in [0, 0.05) is 22.8 Å². The minimum absolute atomic E-state index is 0.106. The molecule has 0 spiro atoms. The van der Waals surface area contributed by atoms with E-state index in [1.54, 1.807) is 0 Å². The average molecular weight is 332 g/mol. The van der Waals surface area contributed by atoms with Gasteiger partial charge in [0.05, 0.1) is 6.04 Å². The summed E-state index contributed by atoms with van der Waals surface area (Å²) in [5.41, 5.74) is 8.18. The summed E-state index contributed by atoms with van der Waals surface area (Å²) in [4.78, 5) is 4.42. The first-order valence-electron chi connectivity index (χ1n) is 6.94. The summed E-state index contributed by atoms with van der Waals surface area (Å²) in [5, 5.41) is 0. The van der Waals surface area contributed by atoms with Crippen LogP contribution in [0.3, 0.4) is 0 Å². The van der Waals surface area contributed by atoms with Crippen molar-refractivity contribution in [3.05, 3.63) is 63.4 Å². The smallest absolute Gasteiger partial charge is 0.0515 e. The van der Waals surface area contributed by atoms with Crippen LogP contribution in [0.5, 0.6) is 0 Å². The standard InChI is InChI=1S/C16H18BrN3/c17-14-6-7-15(19-10-14)9-16(20-18)13-5-4-11-2-1-3-12(11)8-13/h4-8,10,16,20H,1-3,9,18H2. The number of aryl methyl sites for hydroxylation is 2. The Hall–Kier alpha value is -1.23. The van der Waals surface area contributed by atoms with Crippen LogP contribution in [0.15, 0.2) is 41.0 Å². The van der Waals surface area contributed by atoms with Crippen molar-refractivity contribution in [1.29, 1.82) is 0 Å². The third-order valence-electron chi connectivity index (χ3n) is 3.93. The van der Waals surface area contributed by atoms with E-state index in [9.17, 15) is 0 Å². The second kappa shape index (κ2) is 6.04. The SMILES string of the molecule is NNC(Cc1ccc(Br)cn1)c1ccc2c(c1)CCC2. The molecule has 0 fully saturated rings. The summed E-state index contributed by atoms with van der Waals surface area (Å²) in [6.07, 6.45) is 6.30. The highest BCUT2D eigenvalue weighted by Gasteiger charge is 2.16. The number of halogens is 1. The molecule has 3 nitrogen and oxygen atoms in total. The van der Waals surface area contributed by atoms with Crippen LogP contribution in [-0.4, -0.2) is 4.98 Å². The minimum atomic E-state index is 0.106. The number of benzene rings is 1. The first-order valence-corrected chi connectivity index (χ1v) is 7.74. The van der Waals surface area contributed by atoms with Crippen molar-refractivity contribution >= 4 is 15.9 Å². The Morgan fingerprint density at radius 1 is 1.20 bits per heavy atom. The van der Waals surface area contributed by atoms with Crippen molar-refractivity contribution in [3.8, 4) is 0 Å². The van der Waals surface area contributed by atoms with Crippen molar-refractivity contribution in [3.63, 3.8) is 0 Å². The van der Waals surface area contributed by atoms with Crippen LogP contribution in [0.4, 0.5) is 0 Å². The molecule has 1 aliphatic carbocycles. The molecule has 0 aliphatic heterocycles. The topological polar surface area (TPSA) is 50.9 Å². The number of hydrogen-bond acceptors (Lipinski definition) is 3. The summed E-state index contributed by atoms with van der Waals surface area (Å²) >= 11 is 3.40. The Balaban J connectivity index is 1.81. The Kier molecular flexibility index (Phi) is 4.15. The highest BCUT2D eigenvalue weighted by molar-refractivity contribution is 9.10. The van der Waals surface area contributed by atoms with Gasteiger partial charge in [0.15, 0.2) is 0 Å². The zero-order chi connectivity index (χ0) is 13.9. The molecule has 0 amide bonds. The van der Waals surface area contributed by atoms with Gasteiger partial charge in [-0.15, -0.1) is 0 Å². The third-order valence-corrected chi connectivity index (χ3v) is 4.40. The van der Waals surface area contributed by atoms with Crippen LogP contribution in [0.25, 0.3) is 0 Å². The van der Waals surface area contributed by atoms with E-state index in [1.165, 1.54) is 36.0 Å². The van der Waals surface area contributed by atoms with Gasteiger partial charge < -0.3 is 0 Å². The fourth-order valence-corrected chi connectivity index (χ4v) is 3.05. The van der Waals surface area contributed by atoms with Crippen molar-refractivity contribution in [2.24, 2.45) is 5.84 Å². The first kappa shape index (κ1) is 13.7. The number of hydrazine groups is 1. The minimum Gasteiger partial charge on any atom is -0.271 e. The number of hydrogen-bond donors (Lipinski definition) is 2. The average Bonchev–Trinajstić information content (AvgIpc) is 2.94. The van der Waals surface area contributed by atoms with E-state index in [0.29, 0.717) is 0 Å². The molecule has 20 heavy (non-hydrogen) atoms. The molecule has 3 N–H and O–H groups in total. The largest absolute Gasteiger partial charge is 0.271 e. The molecular weight excluding hydrogens is 314 g/mol. The molecule has 1 heterocycles. The predicted molar refractivity (Wildman–Crippen MR) is 84.2 cm³/mol. The van der Waals surface area contributed by atoms with Crippen LogP contribution in [0.2, 0.25) is 0 Å². The van der Waals surface area contributed by atoms with Gasteiger partial charge in [-0.1, -0.05) is 18.2 Å². The summed E-state index contributed by atoms with van der Waals surface area (Å²) in [6, 6.07) is 10.9. The summed E-state index contributed by atoms with van der Waals surface area (Å²) < 4.78 is 0.996. The molecule has 0 radical (unpaired) electrons. The fourth-order valence-electron chi connectivity index (χ4n) is 2.82. The zero-order valence-corrected chi connectivity index (χ0v) is 12.9. The molecule has 4 heteroatoms. The number of rotatable bonds is 4. The second-order valence-corrected chi connectivity index (χ2v) is 6.19. The van der Waals surface area contributed by atoms with Crippen LogP contribution in [-0.2, 0) is 19.3 Å². The summed E-state index contributed by atoms with van der Waals surface area (Å²) in [7, 11) is 0. The van der Waals surface area contributed by atoms with Crippen molar-refractivity contribution in [2.75, 3.05) is 0 Å². The Morgan fingerprint density at radius 2 is 2.05 bits per heavy atom. The lowest BCUT2D eigenvalue weighted by Gasteiger charge is -2.17. The van der Waals surface area contributed by atoms with Crippen molar-refractivity contribution < 1.29 is 0 Å². The normalized spacial score (nSPS) is 15.1. The molecule has 3 rings (SSSR count). The molecule has 0 saturated heterocycles. The maximum atomic E-state index is 5.74. The van der Waals surface area contributed by atoms with Crippen LogP contribution in [0.1, 0.15) is 34.8 Å². The number of nitrogens with one attached hydrogen (secondary N) is 1. The lowest BCUT2D eigenvalue weighted by molar-refractivity contribution is 0.545. The number of nitrogens with zero attached hydrogens (tertiary/aromatic N) is 1. The molecule has 0 saturated carbocycles. The Labute approximate surface area is 127 Å². The molecule has 1 atom stereocenters. The molecule has 0 bridgehead atoms. The van der Waals surface area contributed by atoms with Crippen LogP contribution >= 0.6 is 15.9 Å². The van der Waals surface area contributed by atoms with E-state index < -0.39 is 0 Å². The Morgan fingerprint density at radius 3 is 2.80 bits per heavy atom. The third kappa shape index (κ3) is 2.92. The monoisotopic (exact) mass is 331 g/mol. The van der Waals surface area contributed by atoms with Gasteiger partial charge in [0.25, 0.3) is 0 Å². The van der Waals surface area contributed by atoms with Gasteiger partial charge in [0.1, 0.15) is 0 Å². The zero-order valence-electron chi connectivity index (χ0n) is 11.3. The summed E-state index contributed by atoms with van der Waals surface area (Å²) in [6.45, 7) is 0. The number of pyridine rings is 1. The van der Waals surface area contributed by atoms with E-state index in [0.717, 1.165) is 16.6 Å². The van der Waals surface area contributed by atoms with Gasteiger partial charge in [-0.05, 0) is 64.0 Å². The quantitative estimate of drug-likeness (QED) is 0.668. The highest BCUT2D eigenvalue weighted by atomic mass is 79.9. The van der Waals surface area contributed by atoms with Crippen molar-refractivity contribution in [2.45, 2.75) is 31.7 Å². The molecule has 104 valence electrons. The highest BCUT2D eigenvalue weighted by Crippen LogP contribution is 2.26. The molecule has 1 unspecified atom stereocenters. The van der Waals surface area contributed by atoms with Gasteiger partial charge in [-0.2, -0.15) is 0 Å². The number of nitrogens with two attached hydrogens (primary N) is 1. The van der Waals surface area contributed by atoms with Gasteiger partial charge >= 0.3 is 0 Å². The fraction of sp³-hybridized carbons (Fsp3) is 0.312. The maximum absolute atomic E-state index is 5.74. The van der Waals surface area contributed by atoms with Crippen LogP contribution in [0, 0.1) is 0 Å². The van der Waals surface area contributed by atoms with E-state index >= 15 is 0 Å². The second-order valence-electron chi connectivity index (χ2n) is 5.27. The molecule has 1 aliphatic rings. The maximum Gasteiger partial charge on any atom is 0.0515 e. The molecular formula is C16H18BrN3. The molecule has 1 aromatic carbocycles. The lowest BCUT2D eigenvalue weighted by Crippen LogP contribution is -2.29. The number of aromatic nitrogens is 1. The lowest BCUT2D eigenvalue weighted by atomic mass is 9.98. The van der Waals surface area contributed by atoms with Crippen LogP contribution < -0.4 is 11.3 Å². The van der Waals surface area contributed by atoms with E-state index in [-0.39, 0.29) is 6.04 Å². The summed E-state index contributed by atoms with van der Waals surface area (Å²) in [5.74, 6) is 5.74. The van der Waals surface area contributed by atoms with Gasteiger partial charge in [0.2, 0.25) is 0 Å².